The van der Waals surface area contributed by atoms with E-state index in [9.17, 15) is 9.59 Å². The maximum absolute atomic E-state index is 13.3. The molecular weight excluding hydrogens is 737 g/mol. The maximum Gasteiger partial charge on any atom is 0.255 e. The van der Waals surface area contributed by atoms with Crippen molar-refractivity contribution in [2.24, 2.45) is 0 Å². The lowest BCUT2D eigenvalue weighted by Gasteiger charge is -2.14. The minimum Gasteiger partial charge on any atom is -0.493 e. The molecule has 0 aliphatic heterocycles. The van der Waals surface area contributed by atoms with Crippen molar-refractivity contribution >= 4 is 11.8 Å². The number of hydrogen-bond acceptors (Lipinski definition) is 3. The van der Waals surface area contributed by atoms with E-state index in [0.717, 1.165) is 38.5 Å². The molecule has 0 aliphatic rings. The summed E-state index contributed by atoms with van der Waals surface area (Å²) in [6, 6.07) is 5.34. The zero-order valence-electron chi connectivity index (χ0n) is 40.6. The first-order chi connectivity index (χ1) is 29.6. The number of carbonyl (C=O) groups is 2. The first kappa shape index (κ1) is 56.0. The average molecular weight is 839 g/mol. The van der Waals surface area contributed by atoms with Crippen molar-refractivity contribution < 1.29 is 14.3 Å². The first-order valence-corrected chi connectivity index (χ1v) is 27.0. The molecule has 60 heavy (non-hydrogen) atoms. The molecular formula is C55H102N2O3. The zero-order valence-corrected chi connectivity index (χ0v) is 40.6. The minimum absolute atomic E-state index is 0.0828. The summed E-state index contributed by atoms with van der Waals surface area (Å²) >= 11 is 0. The number of benzene rings is 1. The molecule has 0 spiro atoms. The van der Waals surface area contributed by atoms with E-state index in [2.05, 4.69) is 31.4 Å². The van der Waals surface area contributed by atoms with Crippen molar-refractivity contribution in [3.05, 3.63) is 29.3 Å². The predicted octanol–water partition coefficient (Wildman–Crippen LogP) is 17.6. The summed E-state index contributed by atoms with van der Waals surface area (Å²) < 4.78 is 6.18. The van der Waals surface area contributed by atoms with Gasteiger partial charge in [-0.2, -0.15) is 0 Å². The smallest absolute Gasteiger partial charge is 0.255 e. The van der Waals surface area contributed by atoms with Crippen LogP contribution in [-0.2, 0) is 0 Å². The number of rotatable bonds is 47. The van der Waals surface area contributed by atoms with Gasteiger partial charge < -0.3 is 15.4 Å². The second kappa shape index (κ2) is 45.0. The largest absolute Gasteiger partial charge is 0.493 e. The van der Waals surface area contributed by atoms with Gasteiger partial charge in [0, 0.05) is 18.7 Å². The van der Waals surface area contributed by atoms with Gasteiger partial charge in [0.15, 0.2) is 0 Å². The van der Waals surface area contributed by atoms with Crippen molar-refractivity contribution in [1.29, 1.82) is 0 Å². The van der Waals surface area contributed by atoms with Crippen LogP contribution in [0.4, 0.5) is 0 Å². The molecule has 0 heterocycles. The summed E-state index contributed by atoms with van der Waals surface area (Å²) in [5, 5.41) is 6.25. The van der Waals surface area contributed by atoms with Crippen LogP contribution in [0.1, 0.15) is 305 Å². The molecule has 0 saturated heterocycles. The number of hydrogen-bond donors (Lipinski definition) is 2. The second-order valence-corrected chi connectivity index (χ2v) is 18.5. The molecule has 0 radical (unpaired) electrons. The number of carbonyl (C=O) groups excluding carboxylic acids is 2. The van der Waals surface area contributed by atoms with Gasteiger partial charge >= 0.3 is 0 Å². The lowest BCUT2D eigenvalue weighted by atomic mass is 10.0. The van der Waals surface area contributed by atoms with E-state index in [1.165, 1.54) is 225 Å². The molecule has 0 atom stereocenters. The van der Waals surface area contributed by atoms with E-state index in [4.69, 9.17) is 4.74 Å². The predicted molar refractivity (Wildman–Crippen MR) is 263 cm³/mol. The molecule has 5 heteroatoms. The summed E-state index contributed by atoms with van der Waals surface area (Å²) in [6.45, 7) is 8.73. The van der Waals surface area contributed by atoms with Crippen molar-refractivity contribution in [2.45, 2.75) is 284 Å². The highest BCUT2D eigenvalue weighted by Crippen LogP contribution is 2.22. The van der Waals surface area contributed by atoms with Crippen LogP contribution >= 0.6 is 0 Å². The minimum atomic E-state index is -0.103. The third-order valence-corrected chi connectivity index (χ3v) is 12.6. The average Bonchev–Trinajstić information content (AvgIpc) is 3.26. The van der Waals surface area contributed by atoms with Gasteiger partial charge in [0.2, 0.25) is 0 Å². The molecule has 2 N–H and O–H groups in total. The Labute approximate surface area is 374 Å². The SMILES string of the molecule is CCCCCCCCCCCCCCCCCCCCNC(=O)c1ccc(C(=O)NCCCCCCCCCCCCCCCCCCCC)c(OCCCCCCC)c1. The quantitative estimate of drug-likeness (QED) is 0.0643. The number of ether oxygens (including phenoxy) is 1. The molecule has 1 aromatic carbocycles. The number of unbranched alkanes of at least 4 members (excludes halogenated alkanes) is 38. The van der Waals surface area contributed by atoms with Gasteiger partial charge in [-0.25, -0.2) is 0 Å². The van der Waals surface area contributed by atoms with Gasteiger partial charge in [-0.3, -0.25) is 9.59 Å². The fourth-order valence-corrected chi connectivity index (χ4v) is 8.51. The van der Waals surface area contributed by atoms with E-state index in [-0.39, 0.29) is 11.8 Å². The van der Waals surface area contributed by atoms with Crippen LogP contribution in [0, 0.1) is 0 Å². The fraction of sp³-hybridized carbons (Fsp3) is 0.855. The monoisotopic (exact) mass is 839 g/mol. The normalized spacial score (nSPS) is 11.3. The van der Waals surface area contributed by atoms with Gasteiger partial charge in [-0.15, -0.1) is 0 Å². The van der Waals surface area contributed by atoms with Crippen LogP contribution in [0.5, 0.6) is 5.75 Å². The molecule has 1 rings (SSSR count). The lowest BCUT2D eigenvalue weighted by Crippen LogP contribution is -2.26. The molecule has 0 bridgehead atoms. The van der Waals surface area contributed by atoms with E-state index in [1.807, 2.05) is 0 Å². The molecule has 350 valence electrons. The Morgan fingerprint density at radius 1 is 0.367 bits per heavy atom. The first-order valence-electron chi connectivity index (χ1n) is 27.0. The Morgan fingerprint density at radius 3 is 0.983 bits per heavy atom. The molecule has 2 amide bonds. The van der Waals surface area contributed by atoms with Crippen LogP contribution in [-0.4, -0.2) is 31.5 Å². The van der Waals surface area contributed by atoms with Gasteiger partial charge in [-0.1, -0.05) is 265 Å². The third kappa shape index (κ3) is 35.5. The van der Waals surface area contributed by atoms with Crippen molar-refractivity contribution in [2.75, 3.05) is 19.7 Å². The molecule has 0 saturated carbocycles. The van der Waals surface area contributed by atoms with Crippen LogP contribution in [0.25, 0.3) is 0 Å². The van der Waals surface area contributed by atoms with Crippen molar-refractivity contribution in [1.82, 2.24) is 10.6 Å². The van der Waals surface area contributed by atoms with E-state index in [0.29, 0.717) is 36.6 Å². The Balaban J connectivity index is 2.22. The summed E-state index contributed by atoms with van der Waals surface area (Å²) in [4.78, 5) is 26.4. The summed E-state index contributed by atoms with van der Waals surface area (Å²) in [5.74, 6) is 0.343. The summed E-state index contributed by atoms with van der Waals surface area (Å²) in [7, 11) is 0. The van der Waals surface area contributed by atoms with Gasteiger partial charge in [0.1, 0.15) is 5.75 Å². The maximum atomic E-state index is 13.3. The molecule has 5 nitrogen and oxygen atoms in total. The number of amides is 2. The summed E-state index contributed by atoms with van der Waals surface area (Å²) in [5.41, 5.74) is 1.10. The third-order valence-electron chi connectivity index (χ3n) is 12.6. The topological polar surface area (TPSA) is 67.4 Å². The van der Waals surface area contributed by atoms with Crippen LogP contribution in [0.3, 0.4) is 0 Å². The van der Waals surface area contributed by atoms with Gasteiger partial charge in [-0.05, 0) is 37.5 Å². The van der Waals surface area contributed by atoms with Gasteiger partial charge in [0.25, 0.3) is 11.8 Å². The van der Waals surface area contributed by atoms with E-state index >= 15 is 0 Å². The Hall–Kier alpha value is -2.04. The van der Waals surface area contributed by atoms with E-state index < -0.39 is 0 Å². The Bertz CT molecular complexity index is 1070. The second-order valence-electron chi connectivity index (χ2n) is 18.5. The van der Waals surface area contributed by atoms with Crippen molar-refractivity contribution in [3.8, 4) is 5.75 Å². The van der Waals surface area contributed by atoms with E-state index in [1.54, 1.807) is 18.2 Å². The Morgan fingerprint density at radius 2 is 0.650 bits per heavy atom. The highest BCUT2D eigenvalue weighted by molar-refractivity contribution is 6.00. The standard InChI is InChI=1S/C55H102N2O3/c1-4-7-10-13-15-17-19-21-23-25-27-29-31-33-35-37-39-42-47-56-54(58)51-45-46-52(53(50-51)60-49-44-41-12-9-6-3)55(59)57-48-43-40-38-36-34-32-30-28-26-24-22-20-18-16-14-11-8-5-2/h45-46,50H,4-44,47-49H2,1-3H3,(H,56,58)(H,57,59). The highest BCUT2D eigenvalue weighted by atomic mass is 16.5. The highest BCUT2D eigenvalue weighted by Gasteiger charge is 2.16. The zero-order chi connectivity index (χ0) is 43.2. The number of nitrogens with one attached hydrogen (secondary N) is 2. The molecule has 0 unspecified atom stereocenters. The lowest BCUT2D eigenvalue weighted by molar-refractivity contribution is 0.0937. The van der Waals surface area contributed by atoms with Gasteiger partial charge in [0.05, 0.1) is 12.2 Å². The molecule has 0 aliphatic carbocycles. The Kier molecular flexibility index (Phi) is 42.0. The summed E-state index contributed by atoms with van der Waals surface area (Å²) in [6.07, 6.45) is 54.5. The molecule has 0 aromatic heterocycles. The van der Waals surface area contributed by atoms with Crippen LogP contribution < -0.4 is 15.4 Å². The molecule has 0 fully saturated rings. The van der Waals surface area contributed by atoms with Crippen molar-refractivity contribution in [3.63, 3.8) is 0 Å². The van der Waals surface area contributed by atoms with Crippen LogP contribution in [0.2, 0.25) is 0 Å². The molecule has 1 aromatic rings. The fourth-order valence-electron chi connectivity index (χ4n) is 8.51. The van der Waals surface area contributed by atoms with Crippen LogP contribution in [0.15, 0.2) is 18.2 Å².